The highest BCUT2D eigenvalue weighted by Crippen LogP contribution is 2.15. The Morgan fingerprint density at radius 2 is 2.33 bits per heavy atom. The number of rotatable bonds is 4. The number of aromatic nitrogens is 2. The molecule has 1 heterocycles. The quantitative estimate of drug-likeness (QED) is 0.837. The predicted octanol–water partition coefficient (Wildman–Crippen LogP) is 1.35. The highest BCUT2D eigenvalue weighted by Gasteiger charge is 2.28. The summed E-state index contributed by atoms with van der Waals surface area (Å²) in [6.45, 7) is 3.75. The first kappa shape index (κ1) is 11.6. The van der Waals surface area contributed by atoms with Crippen LogP contribution >= 0.6 is 11.5 Å². The molecule has 6 heteroatoms. The lowest BCUT2D eigenvalue weighted by atomic mass is 9.95. The van der Waals surface area contributed by atoms with E-state index in [1.165, 1.54) is 6.20 Å². The molecule has 0 bridgehead atoms. The lowest BCUT2D eigenvalue weighted by molar-refractivity contribution is 0.0919. The molecule has 0 aromatic carbocycles. The molecule has 1 N–H and O–H groups in total. The highest BCUT2D eigenvalue weighted by atomic mass is 32.1. The summed E-state index contributed by atoms with van der Waals surface area (Å²) >= 11 is 1.02. The van der Waals surface area contributed by atoms with Crippen molar-refractivity contribution in [2.45, 2.75) is 32.2 Å². The van der Waals surface area contributed by atoms with Gasteiger partial charge in [0.1, 0.15) is 10.4 Å². The van der Waals surface area contributed by atoms with Crippen molar-refractivity contribution in [3.8, 4) is 6.07 Å². The summed E-state index contributed by atoms with van der Waals surface area (Å²) in [5.41, 5.74) is -0.777. The normalized spacial score (nSPS) is 10.7. The van der Waals surface area contributed by atoms with Crippen molar-refractivity contribution in [2.24, 2.45) is 0 Å². The number of amides is 1. The SMILES string of the molecule is CCC(C#N)(CC)NC(=O)c1cnns1. The van der Waals surface area contributed by atoms with Crippen molar-refractivity contribution < 1.29 is 4.79 Å². The zero-order valence-electron chi connectivity index (χ0n) is 8.65. The molecular weight excluding hydrogens is 212 g/mol. The van der Waals surface area contributed by atoms with Crippen LogP contribution in [0.1, 0.15) is 36.4 Å². The van der Waals surface area contributed by atoms with E-state index in [1.54, 1.807) is 0 Å². The molecule has 0 unspecified atom stereocenters. The first-order valence-electron chi connectivity index (χ1n) is 4.68. The summed E-state index contributed by atoms with van der Waals surface area (Å²) in [5, 5.41) is 15.3. The molecule has 0 aliphatic carbocycles. The van der Waals surface area contributed by atoms with Crippen LogP contribution in [0.2, 0.25) is 0 Å². The Morgan fingerprint density at radius 1 is 1.67 bits per heavy atom. The van der Waals surface area contributed by atoms with Crippen LogP contribution in [0.5, 0.6) is 0 Å². The maximum absolute atomic E-state index is 11.7. The largest absolute Gasteiger partial charge is 0.333 e. The average molecular weight is 224 g/mol. The summed E-state index contributed by atoms with van der Waals surface area (Å²) in [6, 6.07) is 2.14. The van der Waals surface area contributed by atoms with Gasteiger partial charge in [-0.2, -0.15) is 5.26 Å². The number of nitriles is 1. The third kappa shape index (κ3) is 2.50. The van der Waals surface area contributed by atoms with Gasteiger partial charge in [0.05, 0.1) is 12.3 Å². The minimum atomic E-state index is -0.777. The first-order valence-corrected chi connectivity index (χ1v) is 5.46. The standard InChI is InChI=1S/C9H12N4OS/c1-3-9(4-2,6-10)12-8(14)7-5-11-13-15-7/h5H,3-4H2,1-2H3,(H,12,14). The van der Waals surface area contributed by atoms with E-state index in [-0.39, 0.29) is 5.91 Å². The zero-order chi connectivity index (χ0) is 11.3. The van der Waals surface area contributed by atoms with Gasteiger partial charge in [-0.3, -0.25) is 4.79 Å². The molecule has 0 fully saturated rings. The Morgan fingerprint density at radius 3 is 2.73 bits per heavy atom. The third-order valence-electron chi connectivity index (χ3n) is 2.36. The van der Waals surface area contributed by atoms with E-state index in [0.717, 1.165) is 11.5 Å². The fourth-order valence-corrected chi connectivity index (χ4v) is 1.57. The zero-order valence-corrected chi connectivity index (χ0v) is 9.47. The van der Waals surface area contributed by atoms with Gasteiger partial charge in [-0.25, -0.2) is 0 Å². The Hall–Kier alpha value is -1.48. The minimum absolute atomic E-state index is 0.282. The molecule has 0 aliphatic rings. The fraction of sp³-hybridized carbons (Fsp3) is 0.556. The van der Waals surface area contributed by atoms with Crippen molar-refractivity contribution >= 4 is 17.4 Å². The van der Waals surface area contributed by atoms with Gasteiger partial charge in [0.15, 0.2) is 0 Å². The van der Waals surface area contributed by atoms with E-state index in [2.05, 4.69) is 21.0 Å². The molecule has 1 aromatic rings. The molecule has 1 rings (SSSR count). The average Bonchev–Trinajstić information content (AvgIpc) is 2.79. The molecule has 15 heavy (non-hydrogen) atoms. The van der Waals surface area contributed by atoms with Gasteiger partial charge in [-0.1, -0.05) is 18.3 Å². The van der Waals surface area contributed by atoms with Gasteiger partial charge >= 0.3 is 0 Å². The molecule has 0 saturated carbocycles. The maximum atomic E-state index is 11.7. The molecule has 0 aliphatic heterocycles. The van der Waals surface area contributed by atoms with Gasteiger partial charge in [-0.15, -0.1) is 5.10 Å². The number of nitrogens with one attached hydrogen (secondary N) is 1. The Bertz CT molecular complexity index is 364. The highest BCUT2D eigenvalue weighted by molar-refractivity contribution is 7.07. The summed E-state index contributed by atoms with van der Waals surface area (Å²) in [6.07, 6.45) is 2.56. The van der Waals surface area contributed by atoms with E-state index in [1.807, 2.05) is 13.8 Å². The number of carbonyl (C=O) groups excluding carboxylic acids is 1. The molecule has 1 amide bonds. The second-order valence-electron chi connectivity index (χ2n) is 3.14. The molecule has 0 saturated heterocycles. The topological polar surface area (TPSA) is 78.7 Å². The van der Waals surface area contributed by atoms with Crippen LogP contribution in [0.25, 0.3) is 0 Å². The number of hydrogen-bond acceptors (Lipinski definition) is 5. The van der Waals surface area contributed by atoms with Crippen molar-refractivity contribution in [3.63, 3.8) is 0 Å². The minimum Gasteiger partial charge on any atom is -0.333 e. The fourth-order valence-electron chi connectivity index (χ4n) is 1.16. The molecular formula is C9H12N4OS. The maximum Gasteiger partial charge on any atom is 0.265 e. The molecule has 0 radical (unpaired) electrons. The van der Waals surface area contributed by atoms with E-state index in [0.29, 0.717) is 17.7 Å². The molecule has 1 aromatic heterocycles. The number of hydrogen-bond donors (Lipinski definition) is 1. The van der Waals surface area contributed by atoms with Crippen LogP contribution < -0.4 is 5.32 Å². The van der Waals surface area contributed by atoms with Crippen molar-refractivity contribution in [1.82, 2.24) is 14.9 Å². The van der Waals surface area contributed by atoms with Crippen LogP contribution in [0.15, 0.2) is 6.20 Å². The van der Waals surface area contributed by atoms with E-state index in [9.17, 15) is 4.79 Å². The van der Waals surface area contributed by atoms with E-state index >= 15 is 0 Å². The molecule has 80 valence electrons. The Kier molecular flexibility index (Phi) is 3.74. The predicted molar refractivity (Wildman–Crippen MR) is 56.3 cm³/mol. The second kappa shape index (κ2) is 4.84. The Labute approximate surface area is 92.3 Å². The third-order valence-corrected chi connectivity index (χ3v) is 3.02. The summed E-state index contributed by atoms with van der Waals surface area (Å²) in [7, 11) is 0. The van der Waals surface area contributed by atoms with Gasteiger partial charge < -0.3 is 5.32 Å². The van der Waals surface area contributed by atoms with Crippen LogP contribution in [0.4, 0.5) is 0 Å². The molecule has 0 atom stereocenters. The smallest absolute Gasteiger partial charge is 0.265 e. The van der Waals surface area contributed by atoms with Crippen LogP contribution in [0.3, 0.4) is 0 Å². The van der Waals surface area contributed by atoms with Crippen molar-refractivity contribution in [1.29, 1.82) is 5.26 Å². The number of nitrogens with zero attached hydrogens (tertiary/aromatic N) is 3. The van der Waals surface area contributed by atoms with Crippen molar-refractivity contribution in [2.75, 3.05) is 0 Å². The van der Waals surface area contributed by atoms with Crippen LogP contribution in [-0.2, 0) is 0 Å². The van der Waals surface area contributed by atoms with E-state index in [4.69, 9.17) is 5.26 Å². The lowest BCUT2D eigenvalue weighted by Gasteiger charge is -2.24. The van der Waals surface area contributed by atoms with Crippen LogP contribution in [0, 0.1) is 11.3 Å². The number of carbonyl (C=O) groups is 1. The van der Waals surface area contributed by atoms with E-state index < -0.39 is 5.54 Å². The summed E-state index contributed by atoms with van der Waals surface area (Å²) in [5.74, 6) is -0.282. The molecule has 5 nitrogen and oxygen atoms in total. The monoisotopic (exact) mass is 224 g/mol. The Balaban J connectivity index is 2.77. The van der Waals surface area contributed by atoms with Crippen LogP contribution in [-0.4, -0.2) is 21.0 Å². The van der Waals surface area contributed by atoms with Gasteiger partial charge in [0.25, 0.3) is 5.91 Å². The van der Waals surface area contributed by atoms with Crippen molar-refractivity contribution in [3.05, 3.63) is 11.1 Å². The lowest BCUT2D eigenvalue weighted by Crippen LogP contribution is -2.46. The van der Waals surface area contributed by atoms with Gasteiger partial charge in [0.2, 0.25) is 0 Å². The molecule has 0 spiro atoms. The van der Waals surface area contributed by atoms with Gasteiger partial charge in [0, 0.05) is 0 Å². The van der Waals surface area contributed by atoms with Gasteiger partial charge in [-0.05, 0) is 24.4 Å². The summed E-state index contributed by atoms with van der Waals surface area (Å²) in [4.78, 5) is 12.1. The summed E-state index contributed by atoms with van der Waals surface area (Å²) < 4.78 is 3.60. The first-order chi connectivity index (χ1) is 7.17. The second-order valence-corrected chi connectivity index (χ2v) is 3.92.